The molecule has 2 N–H and O–H groups in total. The molecule has 1 unspecified atom stereocenters. The van der Waals surface area contributed by atoms with E-state index in [-0.39, 0.29) is 0 Å². The van der Waals surface area contributed by atoms with Crippen molar-refractivity contribution in [3.8, 4) is 5.75 Å². The summed E-state index contributed by atoms with van der Waals surface area (Å²) in [7, 11) is 1.81. The summed E-state index contributed by atoms with van der Waals surface area (Å²) in [6, 6.07) is 14.6. The zero-order valence-corrected chi connectivity index (χ0v) is 16.9. The molecular weight excluding hydrogens is 350 g/mol. The lowest BCUT2D eigenvalue weighted by molar-refractivity contribution is 0.267. The highest BCUT2D eigenvalue weighted by molar-refractivity contribution is 5.79. The Hall–Kier alpha value is -2.60. The fourth-order valence-corrected chi connectivity index (χ4v) is 3.55. The van der Waals surface area contributed by atoms with E-state index in [9.17, 15) is 0 Å². The van der Waals surface area contributed by atoms with Gasteiger partial charge in [-0.2, -0.15) is 0 Å². The van der Waals surface area contributed by atoms with Gasteiger partial charge in [0.2, 0.25) is 0 Å². The number of likely N-dealkylation sites (N-methyl/N-ethyl adjacent to an activating group) is 1. The fourth-order valence-electron chi connectivity index (χ4n) is 3.55. The Morgan fingerprint density at radius 1 is 1.25 bits per heavy atom. The van der Waals surface area contributed by atoms with Crippen molar-refractivity contribution >= 4 is 5.96 Å². The molecule has 0 radical (unpaired) electrons. The summed E-state index contributed by atoms with van der Waals surface area (Å²) in [4.78, 5) is 11.2. The van der Waals surface area contributed by atoms with E-state index in [0.717, 1.165) is 36.1 Å². The first-order valence-corrected chi connectivity index (χ1v) is 10.1. The summed E-state index contributed by atoms with van der Waals surface area (Å²) in [5, 5.41) is 6.86. The number of hydrogen-bond donors (Lipinski definition) is 2. The zero-order valence-electron chi connectivity index (χ0n) is 16.9. The van der Waals surface area contributed by atoms with Gasteiger partial charge in [-0.05, 0) is 55.8 Å². The normalized spacial score (nSPS) is 17.5. The largest absolute Gasteiger partial charge is 0.487 e. The summed E-state index contributed by atoms with van der Waals surface area (Å²) in [5.74, 6) is 1.68. The van der Waals surface area contributed by atoms with E-state index in [0.29, 0.717) is 19.2 Å². The van der Waals surface area contributed by atoms with Gasteiger partial charge in [-0.25, -0.2) is 0 Å². The molecule has 6 heteroatoms. The molecule has 1 aromatic carbocycles. The van der Waals surface area contributed by atoms with Gasteiger partial charge in [0.25, 0.3) is 0 Å². The summed E-state index contributed by atoms with van der Waals surface area (Å²) in [6.45, 7) is 6.65. The molecule has 3 rings (SSSR count). The highest BCUT2D eigenvalue weighted by Crippen LogP contribution is 2.16. The molecule has 1 aliphatic heterocycles. The summed E-state index contributed by atoms with van der Waals surface area (Å²) in [5.41, 5.74) is 2.07. The standard InChI is InChI=1S/C22H31N5O/c1-3-27-13-7-10-20(27)16-26-22(23-2)25-15-18-8-6-11-21(14-18)28-17-19-9-4-5-12-24-19/h4-6,8-9,11-12,14,20H,3,7,10,13,15-17H2,1-2H3,(H2,23,25,26). The third-order valence-electron chi connectivity index (χ3n) is 5.11. The molecule has 0 saturated carbocycles. The van der Waals surface area contributed by atoms with Crippen LogP contribution in [-0.2, 0) is 13.2 Å². The van der Waals surface area contributed by atoms with Crippen LogP contribution in [0.1, 0.15) is 31.0 Å². The number of benzene rings is 1. The first kappa shape index (κ1) is 20.1. The third-order valence-corrected chi connectivity index (χ3v) is 5.11. The number of ether oxygens (including phenoxy) is 1. The van der Waals surface area contributed by atoms with Gasteiger partial charge < -0.3 is 15.4 Å². The van der Waals surface area contributed by atoms with E-state index < -0.39 is 0 Å². The smallest absolute Gasteiger partial charge is 0.191 e. The average molecular weight is 382 g/mol. The average Bonchev–Trinajstić information content (AvgIpc) is 3.21. The summed E-state index contributed by atoms with van der Waals surface area (Å²) < 4.78 is 5.86. The van der Waals surface area contributed by atoms with Crippen molar-refractivity contribution in [3.63, 3.8) is 0 Å². The predicted molar refractivity (Wildman–Crippen MR) is 113 cm³/mol. The van der Waals surface area contributed by atoms with Gasteiger partial charge in [0.15, 0.2) is 5.96 Å². The second kappa shape index (κ2) is 10.7. The SMILES string of the molecule is CCN1CCCC1CNC(=NC)NCc1cccc(OCc2ccccn2)c1. The summed E-state index contributed by atoms with van der Waals surface area (Å²) >= 11 is 0. The molecule has 0 bridgehead atoms. The minimum atomic E-state index is 0.469. The van der Waals surface area contributed by atoms with E-state index in [1.165, 1.54) is 19.4 Å². The van der Waals surface area contributed by atoms with Crippen LogP contribution in [0.15, 0.2) is 53.7 Å². The van der Waals surface area contributed by atoms with Crippen molar-refractivity contribution in [2.45, 2.75) is 39.0 Å². The van der Waals surface area contributed by atoms with Crippen LogP contribution in [0.25, 0.3) is 0 Å². The third kappa shape index (κ3) is 5.96. The minimum Gasteiger partial charge on any atom is -0.487 e. The van der Waals surface area contributed by atoms with E-state index in [1.54, 1.807) is 6.20 Å². The number of guanidine groups is 1. The van der Waals surface area contributed by atoms with E-state index in [1.807, 2.05) is 37.4 Å². The van der Waals surface area contributed by atoms with Crippen LogP contribution < -0.4 is 15.4 Å². The molecule has 2 aromatic rings. The lowest BCUT2D eigenvalue weighted by Crippen LogP contribution is -2.44. The molecule has 0 amide bonds. The predicted octanol–water partition coefficient (Wildman–Crippen LogP) is 2.81. The Labute approximate surface area is 168 Å². The Bertz CT molecular complexity index is 750. The van der Waals surface area contributed by atoms with Crippen molar-refractivity contribution in [2.24, 2.45) is 4.99 Å². The molecular formula is C22H31N5O. The maximum absolute atomic E-state index is 5.86. The molecule has 2 heterocycles. The van der Waals surface area contributed by atoms with Gasteiger partial charge in [0.05, 0.1) is 5.69 Å². The van der Waals surface area contributed by atoms with Crippen LogP contribution in [-0.4, -0.2) is 48.6 Å². The second-order valence-corrected chi connectivity index (χ2v) is 6.99. The van der Waals surface area contributed by atoms with Crippen molar-refractivity contribution in [3.05, 3.63) is 59.9 Å². The Kier molecular flexibility index (Phi) is 7.67. The van der Waals surface area contributed by atoms with Crippen LogP contribution in [0.5, 0.6) is 5.75 Å². The van der Waals surface area contributed by atoms with Crippen molar-refractivity contribution in [2.75, 3.05) is 26.7 Å². The van der Waals surface area contributed by atoms with E-state index in [2.05, 4.69) is 44.6 Å². The number of nitrogens with one attached hydrogen (secondary N) is 2. The van der Waals surface area contributed by atoms with Crippen molar-refractivity contribution in [1.29, 1.82) is 0 Å². The molecule has 1 aliphatic rings. The first-order valence-electron chi connectivity index (χ1n) is 10.1. The maximum Gasteiger partial charge on any atom is 0.191 e. The molecule has 150 valence electrons. The molecule has 1 aromatic heterocycles. The number of hydrogen-bond acceptors (Lipinski definition) is 4. The molecule has 1 fully saturated rings. The highest BCUT2D eigenvalue weighted by atomic mass is 16.5. The molecule has 1 saturated heterocycles. The molecule has 28 heavy (non-hydrogen) atoms. The fraction of sp³-hybridized carbons (Fsp3) is 0.455. The zero-order chi connectivity index (χ0) is 19.6. The number of rotatable bonds is 8. The maximum atomic E-state index is 5.86. The van der Waals surface area contributed by atoms with Crippen molar-refractivity contribution < 1.29 is 4.74 Å². The number of nitrogens with zero attached hydrogens (tertiary/aromatic N) is 3. The lowest BCUT2D eigenvalue weighted by atomic mass is 10.2. The van der Waals surface area contributed by atoms with Crippen molar-refractivity contribution in [1.82, 2.24) is 20.5 Å². The molecule has 1 atom stereocenters. The number of pyridine rings is 1. The van der Waals surface area contributed by atoms with E-state index >= 15 is 0 Å². The van der Waals surface area contributed by atoms with Gasteiger partial charge in [0.1, 0.15) is 12.4 Å². The molecule has 6 nitrogen and oxygen atoms in total. The first-order chi connectivity index (χ1) is 13.8. The van der Waals surface area contributed by atoms with Crippen LogP contribution >= 0.6 is 0 Å². The minimum absolute atomic E-state index is 0.469. The van der Waals surface area contributed by atoms with Gasteiger partial charge in [0, 0.05) is 32.4 Å². The highest BCUT2D eigenvalue weighted by Gasteiger charge is 2.22. The van der Waals surface area contributed by atoms with Gasteiger partial charge in [-0.15, -0.1) is 0 Å². The Balaban J connectivity index is 1.46. The second-order valence-electron chi connectivity index (χ2n) is 6.99. The van der Waals surface area contributed by atoms with Crippen LogP contribution in [0.2, 0.25) is 0 Å². The van der Waals surface area contributed by atoms with Crippen LogP contribution in [0.3, 0.4) is 0 Å². The number of aliphatic imine (C=N–C) groups is 1. The number of likely N-dealkylation sites (tertiary alicyclic amines) is 1. The number of aromatic nitrogens is 1. The van der Waals surface area contributed by atoms with Gasteiger partial charge in [-0.1, -0.05) is 25.1 Å². The van der Waals surface area contributed by atoms with E-state index in [4.69, 9.17) is 4.74 Å². The topological polar surface area (TPSA) is 61.8 Å². The van der Waals surface area contributed by atoms with Crippen LogP contribution in [0, 0.1) is 0 Å². The summed E-state index contributed by atoms with van der Waals surface area (Å²) in [6.07, 6.45) is 4.33. The Morgan fingerprint density at radius 3 is 2.96 bits per heavy atom. The lowest BCUT2D eigenvalue weighted by Gasteiger charge is -2.24. The van der Waals surface area contributed by atoms with Gasteiger partial charge >= 0.3 is 0 Å². The quantitative estimate of drug-likeness (QED) is 0.544. The van der Waals surface area contributed by atoms with Crippen LogP contribution in [0.4, 0.5) is 0 Å². The van der Waals surface area contributed by atoms with Gasteiger partial charge in [-0.3, -0.25) is 14.9 Å². The molecule has 0 aliphatic carbocycles. The molecule has 0 spiro atoms. The Morgan fingerprint density at radius 2 is 2.18 bits per heavy atom. The monoisotopic (exact) mass is 381 g/mol.